The highest BCUT2D eigenvalue weighted by Gasteiger charge is 2.16. The quantitative estimate of drug-likeness (QED) is 0.409. The van der Waals surface area contributed by atoms with Crippen LogP contribution in [-0.4, -0.2) is 25.8 Å². The van der Waals surface area contributed by atoms with Gasteiger partial charge in [-0.05, 0) is 75.6 Å². The van der Waals surface area contributed by atoms with Crippen LogP contribution in [0.15, 0.2) is 58.1 Å². The minimum Gasteiger partial charge on any atom is -0.496 e. The molecule has 0 bridgehead atoms. The van der Waals surface area contributed by atoms with Crippen molar-refractivity contribution in [3.05, 3.63) is 69.7 Å². The molecule has 0 aromatic heterocycles. The molecule has 154 valence electrons. The average molecular weight is 467 g/mol. The van der Waals surface area contributed by atoms with E-state index in [1.165, 1.54) is 24.0 Å². The van der Waals surface area contributed by atoms with Gasteiger partial charge in [-0.15, -0.1) is 0 Å². The molecule has 5 nitrogen and oxygen atoms in total. The molecule has 0 aliphatic heterocycles. The first-order chi connectivity index (χ1) is 14.7. The summed E-state index contributed by atoms with van der Waals surface area (Å²) in [4.78, 5) is 12.2. The van der Waals surface area contributed by atoms with Crippen LogP contribution in [0.5, 0.6) is 11.5 Å². The molecule has 1 aliphatic rings. The third-order valence-electron chi connectivity index (χ3n) is 5.32. The molecular weight excluding hydrogens is 444 g/mol. The van der Waals surface area contributed by atoms with Crippen LogP contribution in [0, 0.1) is 0 Å². The lowest BCUT2D eigenvalue weighted by molar-refractivity contribution is -0.123. The summed E-state index contributed by atoms with van der Waals surface area (Å²) >= 11 is 3.64. The Kier molecular flexibility index (Phi) is 6.33. The molecule has 4 rings (SSSR count). The molecule has 6 heteroatoms. The standard InChI is InChI=1S/C24H23BrN2O3/c1-29-21-12-10-16-6-2-4-8-18(16)20(21)14-26-27-23(28)15-30-22-13-11-17-7-3-5-9-19(17)24(22)25/h2,4,6,8,10-14H,3,5,7,9,15H2,1H3,(H,27,28)/b26-14-. The van der Waals surface area contributed by atoms with E-state index in [4.69, 9.17) is 9.47 Å². The van der Waals surface area contributed by atoms with E-state index in [0.29, 0.717) is 11.5 Å². The minimum absolute atomic E-state index is 0.110. The molecule has 0 atom stereocenters. The van der Waals surface area contributed by atoms with Crippen molar-refractivity contribution in [3.63, 3.8) is 0 Å². The van der Waals surface area contributed by atoms with Gasteiger partial charge in [0.2, 0.25) is 0 Å². The molecule has 0 heterocycles. The van der Waals surface area contributed by atoms with Gasteiger partial charge in [-0.25, -0.2) is 5.43 Å². The highest BCUT2D eigenvalue weighted by molar-refractivity contribution is 9.10. The van der Waals surface area contributed by atoms with Crippen molar-refractivity contribution in [1.29, 1.82) is 0 Å². The topological polar surface area (TPSA) is 59.9 Å². The number of ether oxygens (including phenoxy) is 2. The molecule has 3 aromatic rings. The van der Waals surface area contributed by atoms with Gasteiger partial charge in [-0.3, -0.25) is 4.79 Å². The number of carbonyl (C=O) groups excluding carboxylic acids is 1. The predicted molar refractivity (Wildman–Crippen MR) is 123 cm³/mol. The zero-order chi connectivity index (χ0) is 20.9. The summed E-state index contributed by atoms with van der Waals surface area (Å²) in [5, 5.41) is 6.19. The van der Waals surface area contributed by atoms with Gasteiger partial charge < -0.3 is 9.47 Å². The smallest absolute Gasteiger partial charge is 0.277 e. The van der Waals surface area contributed by atoms with Crippen LogP contribution in [0.25, 0.3) is 10.8 Å². The van der Waals surface area contributed by atoms with E-state index in [2.05, 4.69) is 32.5 Å². The van der Waals surface area contributed by atoms with E-state index < -0.39 is 0 Å². The highest BCUT2D eigenvalue weighted by Crippen LogP contribution is 2.35. The normalized spacial score (nSPS) is 13.3. The lowest BCUT2D eigenvalue weighted by Crippen LogP contribution is -2.24. The maximum absolute atomic E-state index is 12.2. The number of benzene rings is 3. The van der Waals surface area contributed by atoms with Crippen LogP contribution in [0.3, 0.4) is 0 Å². The fourth-order valence-corrected chi connectivity index (χ4v) is 4.50. The predicted octanol–water partition coefficient (Wildman–Crippen LogP) is 5.02. The lowest BCUT2D eigenvalue weighted by Gasteiger charge is -2.19. The Morgan fingerprint density at radius 3 is 2.77 bits per heavy atom. The van der Waals surface area contributed by atoms with Crippen molar-refractivity contribution in [1.82, 2.24) is 5.43 Å². The number of nitrogens with one attached hydrogen (secondary N) is 1. The van der Waals surface area contributed by atoms with E-state index in [0.717, 1.165) is 33.7 Å². The highest BCUT2D eigenvalue weighted by atomic mass is 79.9. The Labute approximate surface area is 184 Å². The molecule has 0 spiro atoms. The van der Waals surface area contributed by atoms with Crippen LogP contribution in [0.4, 0.5) is 0 Å². The Bertz CT molecular complexity index is 1110. The molecule has 0 saturated carbocycles. The second kappa shape index (κ2) is 9.30. The molecule has 3 aromatic carbocycles. The second-order valence-corrected chi connectivity index (χ2v) is 8.00. The van der Waals surface area contributed by atoms with Crippen molar-refractivity contribution in [2.75, 3.05) is 13.7 Å². The maximum Gasteiger partial charge on any atom is 0.277 e. The number of nitrogens with zero attached hydrogens (tertiary/aromatic N) is 1. The Balaban J connectivity index is 1.41. The first-order valence-electron chi connectivity index (χ1n) is 9.98. The minimum atomic E-state index is -0.324. The zero-order valence-corrected chi connectivity index (χ0v) is 18.4. The largest absolute Gasteiger partial charge is 0.496 e. The van der Waals surface area contributed by atoms with Gasteiger partial charge in [0.1, 0.15) is 11.5 Å². The van der Waals surface area contributed by atoms with E-state index >= 15 is 0 Å². The molecule has 1 N–H and O–H groups in total. The van der Waals surface area contributed by atoms with Crippen molar-refractivity contribution >= 4 is 38.8 Å². The summed E-state index contributed by atoms with van der Waals surface area (Å²) in [5.41, 5.74) is 6.00. The van der Waals surface area contributed by atoms with Crippen molar-refractivity contribution in [3.8, 4) is 11.5 Å². The number of hydrogen-bond acceptors (Lipinski definition) is 4. The molecule has 0 saturated heterocycles. The van der Waals surface area contributed by atoms with Crippen LogP contribution >= 0.6 is 15.9 Å². The number of carbonyl (C=O) groups is 1. The molecular formula is C24H23BrN2O3. The van der Waals surface area contributed by atoms with Gasteiger partial charge in [0.05, 0.1) is 17.8 Å². The van der Waals surface area contributed by atoms with Crippen LogP contribution in [-0.2, 0) is 17.6 Å². The van der Waals surface area contributed by atoms with Crippen molar-refractivity contribution in [2.24, 2.45) is 5.10 Å². The van der Waals surface area contributed by atoms with Crippen LogP contribution < -0.4 is 14.9 Å². The Morgan fingerprint density at radius 2 is 1.90 bits per heavy atom. The van der Waals surface area contributed by atoms with Gasteiger partial charge in [0.15, 0.2) is 6.61 Å². The Morgan fingerprint density at radius 1 is 1.10 bits per heavy atom. The summed E-state index contributed by atoms with van der Waals surface area (Å²) in [6.45, 7) is -0.110. The van der Waals surface area contributed by atoms with Crippen molar-refractivity contribution in [2.45, 2.75) is 25.7 Å². The molecule has 0 fully saturated rings. The van der Waals surface area contributed by atoms with Gasteiger partial charge in [-0.1, -0.05) is 36.4 Å². The summed E-state index contributed by atoms with van der Waals surface area (Å²) < 4.78 is 12.1. The molecule has 1 amide bonds. The first kappa shape index (κ1) is 20.4. The van der Waals surface area contributed by atoms with Crippen LogP contribution in [0.2, 0.25) is 0 Å². The van der Waals surface area contributed by atoms with E-state index in [1.807, 2.05) is 42.5 Å². The molecule has 30 heavy (non-hydrogen) atoms. The van der Waals surface area contributed by atoms with Crippen molar-refractivity contribution < 1.29 is 14.3 Å². The summed E-state index contributed by atoms with van der Waals surface area (Å²) in [5.74, 6) is 1.06. The molecule has 0 unspecified atom stereocenters. The second-order valence-electron chi connectivity index (χ2n) is 7.21. The van der Waals surface area contributed by atoms with Crippen LogP contribution in [0.1, 0.15) is 29.5 Å². The van der Waals surface area contributed by atoms with Gasteiger partial charge in [0.25, 0.3) is 5.91 Å². The third-order valence-corrected chi connectivity index (χ3v) is 6.19. The molecule has 1 aliphatic carbocycles. The number of methoxy groups -OCH3 is 1. The van der Waals surface area contributed by atoms with Gasteiger partial charge >= 0.3 is 0 Å². The number of aryl methyl sites for hydroxylation is 1. The summed E-state index contributed by atoms with van der Waals surface area (Å²) in [7, 11) is 1.62. The summed E-state index contributed by atoms with van der Waals surface area (Å²) in [6.07, 6.45) is 6.15. The zero-order valence-electron chi connectivity index (χ0n) is 16.8. The van der Waals surface area contributed by atoms with E-state index in [1.54, 1.807) is 13.3 Å². The molecule has 0 radical (unpaired) electrons. The number of rotatable bonds is 6. The monoisotopic (exact) mass is 466 g/mol. The average Bonchev–Trinajstić information content (AvgIpc) is 2.79. The fourth-order valence-electron chi connectivity index (χ4n) is 3.80. The first-order valence-corrected chi connectivity index (χ1v) is 10.8. The van der Waals surface area contributed by atoms with Gasteiger partial charge in [0, 0.05) is 5.56 Å². The van der Waals surface area contributed by atoms with E-state index in [-0.39, 0.29) is 12.5 Å². The van der Waals surface area contributed by atoms with E-state index in [9.17, 15) is 4.79 Å². The number of halogens is 1. The summed E-state index contributed by atoms with van der Waals surface area (Å²) in [6, 6.07) is 15.9. The third kappa shape index (κ3) is 4.33. The van der Waals surface area contributed by atoms with Gasteiger partial charge in [-0.2, -0.15) is 5.10 Å². The number of fused-ring (bicyclic) bond motifs is 2. The number of amides is 1. The lowest BCUT2D eigenvalue weighted by atomic mass is 9.92. The number of hydrogen-bond donors (Lipinski definition) is 1. The fraction of sp³-hybridized carbons (Fsp3) is 0.250. The SMILES string of the molecule is COc1ccc2ccccc2c1/C=N\NC(=O)COc1ccc2c(c1Br)CCCC2. The maximum atomic E-state index is 12.2. The Hall–Kier alpha value is -2.86. The number of hydrazone groups is 1.